The summed E-state index contributed by atoms with van der Waals surface area (Å²) in [4.78, 5) is 15.5. The van der Waals surface area contributed by atoms with Crippen LogP contribution in [0.5, 0.6) is 5.75 Å². The molecule has 1 aromatic heterocycles. The van der Waals surface area contributed by atoms with Crippen molar-refractivity contribution in [2.24, 2.45) is 0 Å². The molecule has 0 N–H and O–H groups in total. The van der Waals surface area contributed by atoms with E-state index in [0.29, 0.717) is 11.3 Å². The molecule has 0 amide bonds. The number of methoxy groups -OCH3 is 1. The second kappa shape index (κ2) is 3.69. The summed E-state index contributed by atoms with van der Waals surface area (Å²) in [6.07, 6.45) is 1.71. The molecular formula is C12H11NO2. The van der Waals surface area contributed by atoms with Crippen LogP contribution in [0.2, 0.25) is 0 Å². The first-order valence-electron chi connectivity index (χ1n) is 4.66. The summed E-state index contributed by atoms with van der Waals surface area (Å²) in [7, 11) is 1.58. The summed E-state index contributed by atoms with van der Waals surface area (Å²) < 4.78 is 5.20. The molecule has 2 aromatic rings. The highest BCUT2D eigenvalue weighted by Crippen LogP contribution is 2.25. The van der Waals surface area contributed by atoms with E-state index in [1.54, 1.807) is 19.4 Å². The Bertz CT molecular complexity index is 520. The number of nitrogens with zero attached hydrogens (tertiary/aromatic N) is 1. The molecule has 0 unspecified atom stereocenters. The topological polar surface area (TPSA) is 39.2 Å². The molecule has 2 rings (SSSR count). The molecule has 15 heavy (non-hydrogen) atoms. The average molecular weight is 201 g/mol. The minimum Gasteiger partial charge on any atom is -0.494 e. The van der Waals surface area contributed by atoms with Crippen LogP contribution in [0.15, 0.2) is 30.5 Å². The Morgan fingerprint density at radius 3 is 2.87 bits per heavy atom. The number of Topliss-reactive ketones (excluding diaryl/α,β-unsaturated/α-hetero) is 1. The minimum absolute atomic E-state index is 0.0269. The number of hydrogen-bond acceptors (Lipinski definition) is 3. The summed E-state index contributed by atoms with van der Waals surface area (Å²) in [6, 6.07) is 7.30. The maximum atomic E-state index is 11.3. The molecule has 0 spiro atoms. The highest BCUT2D eigenvalue weighted by Gasteiger charge is 2.07. The number of hydrogen-bond donors (Lipinski definition) is 0. The van der Waals surface area contributed by atoms with Crippen molar-refractivity contribution in [2.75, 3.05) is 7.11 Å². The summed E-state index contributed by atoms with van der Waals surface area (Å²) in [5.41, 5.74) is 1.43. The fourth-order valence-electron chi connectivity index (χ4n) is 1.52. The van der Waals surface area contributed by atoms with Gasteiger partial charge >= 0.3 is 0 Å². The molecule has 0 saturated heterocycles. The lowest BCUT2D eigenvalue weighted by Gasteiger charge is -2.06. The predicted octanol–water partition coefficient (Wildman–Crippen LogP) is 2.45. The number of rotatable bonds is 2. The standard InChI is InChI=1S/C12H11NO2/c1-8(14)10-6-9-4-3-5-13-12(9)11(7-10)15-2/h3-7H,1-2H3. The van der Waals surface area contributed by atoms with Crippen LogP contribution < -0.4 is 4.74 Å². The van der Waals surface area contributed by atoms with Crippen molar-refractivity contribution >= 4 is 16.7 Å². The summed E-state index contributed by atoms with van der Waals surface area (Å²) in [5, 5.41) is 0.919. The van der Waals surface area contributed by atoms with Crippen molar-refractivity contribution in [3.63, 3.8) is 0 Å². The number of fused-ring (bicyclic) bond motifs is 1. The van der Waals surface area contributed by atoms with Crippen molar-refractivity contribution in [2.45, 2.75) is 6.92 Å². The van der Waals surface area contributed by atoms with E-state index in [1.165, 1.54) is 6.92 Å². The van der Waals surface area contributed by atoms with Gasteiger partial charge in [0.15, 0.2) is 5.78 Å². The van der Waals surface area contributed by atoms with Crippen molar-refractivity contribution < 1.29 is 9.53 Å². The Hall–Kier alpha value is -1.90. The van der Waals surface area contributed by atoms with Crippen LogP contribution in [-0.4, -0.2) is 17.9 Å². The van der Waals surface area contributed by atoms with Gasteiger partial charge in [-0.1, -0.05) is 6.07 Å². The maximum Gasteiger partial charge on any atom is 0.159 e. The molecule has 0 fully saturated rings. The lowest BCUT2D eigenvalue weighted by molar-refractivity contribution is 0.101. The monoisotopic (exact) mass is 201 g/mol. The van der Waals surface area contributed by atoms with E-state index in [4.69, 9.17) is 4.74 Å². The Kier molecular flexibility index (Phi) is 2.37. The molecule has 0 atom stereocenters. The molecule has 0 aliphatic rings. The highest BCUT2D eigenvalue weighted by molar-refractivity contribution is 5.99. The molecule has 1 aromatic carbocycles. The van der Waals surface area contributed by atoms with Gasteiger partial charge in [-0.25, -0.2) is 0 Å². The molecule has 0 aliphatic carbocycles. The largest absolute Gasteiger partial charge is 0.494 e. The zero-order chi connectivity index (χ0) is 10.8. The first-order valence-corrected chi connectivity index (χ1v) is 4.66. The number of ether oxygens (including phenoxy) is 1. The van der Waals surface area contributed by atoms with E-state index in [1.807, 2.05) is 18.2 Å². The van der Waals surface area contributed by atoms with Gasteiger partial charge in [0.1, 0.15) is 11.3 Å². The smallest absolute Gasteiger partial charge is 0.159 e. The van der Waals surface area contributed by atoms with Crippen LogP contribution in [0.3, 0.4) is 0 Å². The van der Waals surface area contributed by atoms with Crippen molar-refractivity contribution in [1.82, 2.24) is 4.98 Å². The summed E-state index contributed by atoms with van der Waals surface area (Å²) in [6.45, 7) is 1.54. The van der Waals surface area contributed by atoms with E-state index < -0.39 is 0 Å². The Morgan fingerprint density at radius 2 is 2.20 bits per heavy atom. The molecule has 76 valence electrons. The second-order valence-corrected chi connectivity index (χ2v) is 3.31. The number of pyridine rings is 1. The SMILES string of the molecule is COc1cc(C(C)=O)cc2cccnc12. The van der Waals surface area contributed by atoms with Crippen LogP contribution in [0.4, 0.5) is 0 Å². The Balaban J connectivity index is 2.77. The van der Waals surface area contributed by atoms with Gasteiger partial charge in [0, 0.05) is 17.1 Å². The van der Waals surface area contributed by atoms with Crippen LogP contribution in [0.25, 0.3) is 10.9 Å². The molecule has 0 radical (unpaired) electrons. The third-order valence-electron chi connectivity index (χ3n) is 2.30. The highest BCUT2D eigenvalue weighted by atomic mass is 16.5. The molecule has 0 saturated carbocycles. The fourth-order valence-corrected chi connectivity index (χ4v) is 1.52. The number of benzene rings is 1. The van der Waals surface area contributed by atoms with E-state index in [9.17, 15) is 4.79 Å². The van der Waals surface area contributed by atoms with E-state index in [0.717, 1.165) is 10.9 Å². The lowest BCUT2D eigenvalue weighted by atomic mass is 10.1. The van der Waals surface area contributed by atoms with Gasteiger partial charge in [-0.2, -0.15) is 0 Å². The number of aromatic nitrogens is 1. The summed E-state index contributed by atoms with van der Waals surface area (Å²) in [5.74, 6) is 0.664. The van der Waals surface area contributed by atoms with Crippen LogP contribution in [0, 0.1) is 0 Å². The zero-order valence-electron chi connectivity index (χ0n) is 8.65. The minimum atomic E-state index is 0.0269. The quantitative estimate of drug-likeness (QED) is 0.700. The van der Waals surface area contributed by atoms with Gasteiger partial charge in [-0.3, -0.25) is 9.78 Å². The fraction of sp³-hybridized carbons (Fsp3) is 0.167. The first-order chi connectivity index (χ1) is 7.22. The average Bonchev–Trinajstić information content (AvgIpc) is 2.27. The van der Waals surface area contributed by atoms with Gasteiger partial charge in [-0.15, -0.1) is 0 Å². The molecule has 0 bridgehead atoms. The predicted molar refractivity (Wildman–Crippen MR) is 58.3 cm³/mol. The van der Waals surface area contributed by atoms with Crippen molar-refractivity contribution in [3.8, 4) is 5.75 Å². The van der Waals surface area contributed by atoms with Crippen molar-refractivity contribution in [1.29, 1.82) is 0 Å². The van der Waals surface area contributed by atoms with Gasteiger partial charge in [0.05, 0.1) is 7.11 Å². The third kappa shape index (κ3) is 1.68. The maximum absolute atomic E-state index is 11.3. The second-order valence-electron chi connectivity index (χ2n) is 3.31. The van der Waals surface area contributed by atoms with E-state index in [-0.39, 0.29) is 5.78 Å². The Morgan fingerprint density at radius 1 is 1.40 bits per heavy atom. The zero-order valence-corrected chi connectivity index (χ0v) is 8.65. The van der Waals surface area contributed by atoms with Crippen molar-refractivity contribution in [3.05, 3.63) is 36.0 Å². The molecular weight excluding hydrogens is 190 g/mol. The summed E-state index contributed by atoms with van der Waals surface area (Å²) >= 11 is 0. The normalized spacial score (nSPS) is 10.3. The number of carbonyl (C=O) groups is 1. The van der Waals surface area contributed by atoms with E-state index >= 15 is 0 Å². The van der Waals surface area contributed by atoms with Crippen LogP contribution in [-0.2, 0) is 0 Å². The number of ketones is 1. The van der Waals surface area contributed by atoms with Gasteiger partial charge in [0.2, 0.25) is 0 Å². The van der Waals surface area contributed by atoms with Gasteiger partial charge < -0.3 is 4.74 Å². The first kappa shape index (κ1) is 9.65. The molecule has 3 nitrogen and oxygen atoms in total. The van der Waals surface area contributed by atoms with E-state index in [2.05, 4.69) is 4.98 Å². The number of carbonyl (C=O) groups excluding carboxylic acids is 1. The van der Waals surface area contributed by atoms with Crippen LogP contribution in [0.1, 0.15) is 17.3 Å². The molecule has 1 heterocycles. The van der Waals surface area contributed by atoms with Crippen LogP contribution >= 0.6 is 0 Å². The van der Waals surface area contributed by atoms with Gasteiger partial charge in [0.25, 0.3) is 0 Å². The Labute approximate surface area is 87.7 Å². The van der Waals surface area contributed by atoms with Gasteiger partial charge in [-0.05, 0) is 25.1 Å². The lowest BCUT2D eigenvalue weighted by Crippen LogP contribution is -1.95. The third-order valence-corrected chi connectivity index (χ3v) is 2.30. The molecule has 3 heteroatoms. The molecule has 0 aliphatic heterocycles.